The highest BCUT2D eigenvalue weighted by Crippen LogP contribution is 2.18. The molecule has 1 N–H and O–H groups in total. The Labute approximate surface area is 153 Å². The summed E-state index contributed by atoms with van der Waals surface area (Å²) in [6.45, 7) is 1.01. The fourth-order valence-electron chi connectivity index (χ4n) is 2.64. The minimum absolute atomic E-state index is 0.199. The van der Waals surface area contributed by atoms with Crippen LogP contribution in [0.4, 0.5) is 0 Å². The van der Waals surface area contributed by atoms with Crippen LogP contribution in [0.15, 0.2) is 71.9 Å². The number of imidazole rings is 1. The number of sulfonamides is 1. The first kappa shape index (κ1) is 18.2. The zero-order valence-electron chi connectivity index (χ0n) is 14.5. The summed E-state index contributed by atoms with van der Waals surface area (Å²) < 4.78 is 34.5. The van der Waals surface area contributed by atoms with Gasteiger partial charge in [0.2, 0.25) is 10.0 Å². The standard InChI is InChI=1S/C19H21N3O3S/c1-25-17-9-5-10-18(15-17)26(23,24)21-11-6-13-22-14-12-20-19(22)16-7-3-2-4-8-16/h2-5,7-10,12,14-15,21H,6,11,13H2,1H3. The third kappa shape index (κ3) is 4.30. The molecule has 7 heteroatoms. The smallest absolute Gasteiger partial charge is 0.240 e. The molecule has 26 heavy (non-hydrogen) atoms. The normalized spacial score (nSPS) is 11.4. The number of rotatable bonds is 8. The van der Waals surface area contributed by atoms with Crippen molar-refractivity contribution in [2.24, 2.45) is 0 Å². The van der Waals surface area contributed by atoms with Crippen molar-refractivity contribution in [1.82, 2.24) is 14.3 Å². The van der Waals surface area contributed by atoms with Gasteiger partial charge in [-0.25, -0.2) is 18.1 Å². The lowest BCUT2D eigenvalue weighted by Gasteiger charge is -2.10. The number of nitrogens with zero attached hydrogens (tertiary/aromatic N) is 2. The molecule has 0 spiro atoms. The van der Waals surface area contributed by atoms with E-state index in [-0.39, 0.29) is 4.90 Å². The zero-order valence-corrected chi connectivity index (χ0v) is 15.3. The molecule has 0 atom stereocenters. The Morgan fingerprint density at radius 1 is 1.12 bits per heavy atom. The van der Waals surface area contributed by atoms with Crippen molar-refractivity contribution >= 4 is 10.0 Å². The molecule has 1 aromatic heterocycles. The number of aryl methyl sites for hydroxylation is 1. The predicted molar refractivity (Wildman–Crippen MR) is 100 cm³/mol. The molecular weight excluding hydrogens is 350 g/mol. The lowest BCUT2D eigenvalue weighted by Crippen LogP contribution is -2.25. The van der Waals surface area contributed by atoms with Crippen molar-refractivity contribution < 1.29 is 13.2 Å². The Hall–Kier alpha value is -2.64. The summed E-state index contributed by atoms with van der Waals surface area (Å²) in [6.07, 6.45) is 4.31. The molecule has 136 valence electrons. The highest BCUT2D eigenvalue weighted by molar-refractivity contribution is 7.89. The number of benzene rings is 2. The number of ether oxygens (including phenoxy) is 1. The lowest BCUT2D eigenvalue weighted by molar-refractivity contribution is 0.413. The maximum Gasteiger partial charge on any atom is 0.240 e. The minimum atomic E-state index is -3.55. The van der Waals surface area contributed by atoms with E-state index in [1.165, 1.54) is 13.2 Å². The van der Waals surface area contributed by atoms with Crippen LogP contribution < -0.4 is 9.46 Å². The summed E-state index contributed by atoms with van der Waals surface area (Å²) >= 11 is 0. The van der Waals surface area contributed by atoms with Gasteiger partial charge in [-0.1, -0.05) is 36.4 Å². The second-order valence-electron chi connectivity index (χ2n) is 5.74. The molecule has 2 aromatic carbocycles. The minimum Gasteiger partial charge on any atom is -0.497 e. The SMILES string of the molecule is COc1cccc(S(=O)(=O)NCCCn2ccnc2-c2ccccc2)c1. The largest absolute Gasteiger partial charge is 0.497 e. The van der Waals surface area contributed by atoms with E-state index in [0.717, 1.165) is 11.4 Å². The van der Waals surface area contributed by atoms with Gasteiger partial charge in [-0.15, -0.1) is 0 Å². The maximum atomic E-state index is 12.4. The number of hydrogen-bond acceptors (Lipinski definition) is 4. The van der Waals surface area contributed by atoms with E-state index in [9.17, 15) is 8.42 Å². The highest BCUT2D eigenvalue weighted by atomic mass is 32.2. The van der Waals surface area contributed by atoms with Crippen LogP contribution in [-0.2, 0) is 16.6 Å². The number of aromatic nitrogens is 2. The average Bonchev–Trinajstić information content (AvgIpc) is 3.14. The molecule has 0 unspecified atom stereocenters. The number of nitrogens with one attached hydrogen (secondary N) is 1. The summed E-state index contributed by atoms with van der Waals surface area (Å²) in [5.74, 6) is 1.39. The van der Waals surface area contributed by atoms with Crippen molar-refractivity contribution in [3.05, 3.63) is 67.0 Å². The molecule has 0 aliphatic carbocycles. The molecular formula is C19H21N3O3S. The van der Waals surface area contributed by atoms with E-state index < -0.39 is 10.0 Å². The summed E-state index contributed by atoms with van der Waals surface area (Å²) in [6, 6.07) is 16.3. The van der Waals surface area contributed by atoms with E-state index in [4.69, 9.17) is 4.74 Å². The van der Waals surface area contributed by atoms with Gasteiger partial charge in [-0.2, -0.15) is 0 Å². The molecule has 0 radical (unpaired) electrons. The average molecular weight is 371 g/mol. The fraction of sp³-hybridized carbons (Fsp3) is 0.211. The second kappa shape index (κ2) is 8.16. The van der Waals surface area contributed by atoms with E-state index in [2.05, 4.69) is 9.71 Å². The van der Waals surface area contributed by atoms with Gasteiger partial charge in [-0.05, 0) is 18.6 Å². The summed E-state index contributed by atoms with van der Waals surface area (Å²) in [5.41, 5.74) is 1.04. The van der Waals surface area contributed by atoms with Crippen LogP contribution in [0.2, 0.25) is 0 Å². The molecule has 0 fully saturated rings. The Kier molecular flexibility index (Phi) is 5.70. The lowest BCUT2D eigenvalue weighted by atomic mass is 10.2. The van der Waals surface area contributed by atoms with Gasteiger partial charge < -0.3 is 9.30 Å². The van der Waals surface area contributed by atoms with Gasteiger partial charge in [0.15, 0.2) is 0 Å². The van der Waals surface area contributed by atoms with Crippen molar-refractivity contribution in [3.63, 3.8) is 0 Å². The van der Waals surface area contributed by atoms with Crippen LogP contribution in [0.1, 0.15) is 6.42 Å². The van der Waals surface area contributed by atoms with Crippen LogP contribution in [0.25, 0.3) is 11.4 Å². The van der Waals surface area contributed by atoms with Crippen LogP contribution in [0.5, 0.6) is 5.75 Å². The topological polar surface area (TPSA) is 73.2 Å². The first-order valence-electron chi connectivity index (χ1n) is 8.30. The Morgan fingerprint density at radius 2 is 1.92 bits per heavy atom. The molecule has 0 saturated heterocycles. The van der Waals surface area contributed by atoms with Crippen molar-refractivity contribution in [1.29, 1.82) is 0 Å². The van der Waals surface area contributed by atoms with Crippen molar-refractivity contribution in [2.75, 3.05) is 13.7 Å². The van der Waals surface area contributed by atoms with Crippen LogP contribution in [-0.4, -0.2) is 31.6 Å². The van der Waals surface area contributed by atoms with Crippen molar-refractivity contribution in [3.8, 4) is 17.1 Å². The van der Waals surface area contributed by atoms with Gasteiger partial charge in [0.25, 0.3) is 0 Å². The first-order valence-corrected chi connectivity index (χ1v) is 9.79. The Balaban J connectivity index is 1.59. The van der Waals surface area contributed by atoms with Gasteiger partial charge in [0, 0.05) is 37.1 Å². The van der Waals surface area contributed by atoms with Gasteiger partial charge in [0.1, 0.15) is 11.6 Å². The predicted octanol–water partition coefficient (Wildman–Crippen LogP) is 2.93. The summed E-state index contributed by atoms with van der Waals surface area (Å²) in [4.78, 5) is 4.59. The van der Waals surface area contributed by atoms with E-state index >= 15 is 0 Å². The summed E-state index contributed by atoms with van der Waals surface area (Å²) in [7, 11) is -2.04. The number of hydrogen-bond donors (Lipinski definition) is 1. The van der Waals surface area contributed by atoms with E-state index in [1.807, 2.05) is 41.1 Å². The van der Waals surface area contributed by atoms with Crippen LogP contribution in [0, 0.1) is 0 Å². The summed E-state index contributed by atoms with van der Waals surface area (Å²) in [5, 5.41) is 0. The molecule has 0 saturated carbocycles. The fourth-order valence-corrected chi connectivity index (χ4v) is 3.75. The third-order valence-corrected chi connectivity index (χ3v) is 5.43. The molecule has 0 bridgehead atoms. The molecule has 1 heterocycles. The first-order chi connectivity index (χ1) is 12.6. The number of methoxy groups -OCH3 is 1. The molecule has 3 rings (SSSR count). The molecule has 6 nitrogen and oxygen atoms in total. The van der Waals surface area contributed by atoms with Gasteiger partial charge in [0.05, 0.1) is 12.0 Å². The Bertz CT molecular complexity index is 953. The monoisotopic (exact) mass is 371 g/mol. The zero-order chi connectivity index (χ0) is 18.4. The Morgan fingerprint density at radius 3 is 2.69 bits per heavy atom. The third-order valence-electron chi connectivity index (χ3n) is 3.97. The highest BCUT2D eigenvalue weighted by Gasteiger charge is 2.14. The molecule has 0 aliphatic rings. The van der Waals surface area contributed by atoms with Crippen molar-refractivity contribution in [2.45, 2.75) is 17.9 Å². The van der Waals surface area contributed by atoms with Crippen LogP contribution in [0.3, 0.4) is 0 Å². The maximum absolute atomic E-state index is 12.4. The second-order valence-corrected chi connectivity index (χ2v) is 7.51. The van der Waals surface area contributed by atoms with E-state index in [1.54, 1.807) is 24.4 Å². The van der Waals surface area contributed by atoms with Gasteiger partial charge in [-0.3, -0.25) is 0 Å². The molecule has 0 amide bonds. The van der Waals surface area contributed by atoms with E-state index in [0.29, 0.717) is 25.3 Å². The van der Waals surface area contributed by atoms with Gasteiger partial charge >= 0.3 is 0 Å². The van der Waals surface area contributed by atoms with Crippen LogP contribution >= 0.6 is 0 Å². The molecule has 0 aliphatic heterocycles. The quantitative estimate of drug-likeness (QED) is 0.618. The molecule has 3 aromatic rings.